The van der Waals surface area contributed by atoms with Crippen LogP contribution < -0.4 is 0 Å². The van der Waals surface area contributed by atoms with Crippen LogP contribution in [0.5, 0.6) is 0 Å². The minimum atomic E-state index is 0.103. The van der Waals surface area contributed by atoms with Crippen molar-refractivity contribution in [2.75, 3.05) is 32.8 Å². The lowest BCUT2D eigenvalue weighted by molar-refractivity contribution is -0.186. The van der Waals surface area contributed by atoms with Crippen molar-refractivity contribution in [1.29, 1.82) is 0 Å². The molecule has 2 fully saturated rings. The van der Waals surface area contributed by atoms with Gasteiger partial charge in [-0.15, -0.1) is 0 Å². The molecule has 2 aliphatic rings. The molecule has 0 atom stereocenters. The topological polar surface area (TPSA) is 29.5 Å². The smallest absolute Gasteiger partial charge is 0.156 e. The second kappa shape index (κ2) is 2.93. The first-order valence-corrected chi connectivity index (χ1v) is 4.60. The molecule has 3 heteroatoms. The Hall–Kier alpha value is -0.670. The molecule has 0 amide bonds. The first-order valence-electron chi connectivity index (χ1n) is 4.60. The fourth-order valence-corrected chi connectivity index (χ4v) is 1.97. The van der Waals surface area contributed by atoms with Gasteiger partial charge in [-0.05, 0) is 6.92 Å². The molecule has 2 saturated heterocycles. The van der Waals surface area contributed by atoms with Gasteiger partial charge in [-0.2, -0.15) is 0 Å². The lowest BCUT2D eigenvalue weighted by Crippen LogP contribution is -2.66. The SMILES string of the molecule is C=C(CN1CC2(COC2)C1)C(C)=O. The molecule has 0 saturated carbocycles. The van der Waals surface area contributed by atoms with Gasteiger partial charge in [-0.25, -0.2) is 0 Å². The maximum Gasteiger partial charge on any atom is 0.156 e. The van der Waals surface area contributed by atoms with E-state index in [0.29, 0.717) is 5.41 Å². The summed E-state index contributed by atoms with van der Waals surface area (Å²) in [5.41, 5.74) is 1.16. The summed E-state index contributed by atoms with van der Waals surface area (Å²) in [6.07, 6.45) is 0. The Morgan fingerprint density at radius 2 is 2.15 bits per heavy atom. The van der Waals surface area contributed by atoms with E-state index in [0.717, 1.165) is 38.4 Å². The molecular formula is C10H15NO2. The summed E-state index contributed by atoms with van der Waals surface area (Å²) in [5, 5.41) is 0. The van der Waals surface area contributed by atoms with Crippen LogP contribution in [0, 0.1) is 5.41 Å². The fraction of sp³-hybridized carbons (Fsp3) is 0.700. The van der Waals surface area contributed by atoms with Crippen molar-refractivity contribution < 1.29 is 9.53 Å². The zero-order valence-electron chi connectivity index (χ0n) is 8.01. The maximum atomic E-state index is 10.9. The van der Waals surface area contributed by atoms with E-state index >= 15 is 0 Å². The van der Waals surface area contributed by atoms with E-state index in [-0.39, 0.29) is 5.78 Å². The number of carbonyl (C=O) groups is 1. The molecule has 2 heterocycles. The van der Waals surface area contributed by atoms with Gasteiger partial charge in [0.1, 0.15) is 0 Å². The molecule has 0 aliphatic carbocycles. The molecule has 0 N–H and O–H groups in total. The number of Topliss-reactive ketones (excluding diaryl/α,β-unsaturated/α-hetero) is 1. The van der Waals surface area contributed by atoms with Gasteiger partial charge in [0.2, 0.25) is 0 Å². The number of hydrogen-bond donors (Lipinski definition) is 0. The summed E-state index contributed by atoms with van der Waals surface area (Å²) in [7, 11) is 0. The van der Waals surface area contributed by atoms with E-state index in [2.05, 4.69) is 11.5 Å². The first-order chi connectivity index (χ1) is 6.11. The molecule has 1 spiro atoms. The molecule has 2 aliphatic heterocycles. The number of carbonyl (C=O) groups excluding carboxylic acids is 1. The van der Waals surface area contributed by atoms with Gasteiger partial charge in [0, 0.05) is 30.6 Å². The third-order valence-electron chi connectivity index (χ3n) is 2.85. The Bertz CT molecular complexity index is 248. The number of ether oxygens (including phenoxy) is 1. The van der Waals surface area contributed by atoms with Gasteiger partial charge >= 0.3 is 0 Å². The van der Waals surface area contributed by atoms with Crippen LogP contribution in [0.3, 0.4) is 0 Å². The molecule has 3 nitrogen and oxygen atoms in total. The summed E-state index contributed by atoms with van der Waals surface area (Å²) in [5.74, 6) is 0.103. The Labute approximate surface area is 78.4 Å². The largest absolute Gasteiger partial charge is 0.380 e. The third kappa shape index (κ3) is 1.54. The second-order valence-corrected chi connectivity index (χ2v) is 4.30. The Morgan fingerprint density at radius 1 is 1.54 bits per heavy atom. The molecule has 72 valence electrons. The average molecular weight is 181 g/mol. The van der Waals surface area contributed by atoms with E-state index in [4.69, 9.17) is 4.74 Å². The minimum absolute atomic E-state index is 0.103. The third-order valence-corrected chi connectivity index (χ3v) is 2.85. The van der Waals surface area contributed by atoms with E-state index in [1.54, 1.807) is 6.92 Å². The molecule has 2 rings (SSSR count). The molecule has 0 unspecified atom stereocenters. The van der Waals surface area contributed by atoms with Crippen molar-refractivity contribution in [2.24, 2.45) is 5.41 Å². The van der Waals surface area contributed by atoms with Crippen molar-refractivity contribution in [1.82, 2.24) is 4.90 Å². The number of nitrogens with zero attached hydrogens (tertiary/aromatic N) is 1. The van der Waals surface area contributed by atoms with E-state index in [9.17, 15) is 4.79 Å². The number of ketones is 1. The Morgan fingerprint density at radius 3 is 2.54 bits per heavy atom. The Balaban J connectivity index is 1.75. The highest BCUT2D eigenvalue weighted by Gasteiger charge is 2.48. The lowest BCUT2D eigenvalue weighted by atomic mass is 9.78. The van der Waals surface area contributed by atoms with Gasteiger partial charge in [0.25, 0.3) is 0 Å². The van der Waals surface area contributed by atoms with Gasteiger partial charge < -0.3 is 4.74 Å². The predicted molar refractivity (Wildman–Crippen MR) is 49.5 cm³/mol. The highest BCUT2D eigenvalue weighted by molar-refractivity contribution is 5.92. The first kappa shape index (κ1) is 8.91. The zero-order valence-corrected chi connectivity index (χ0v) is 8.01. The van der Waals surface area contributed by atoms with Crippen molar-refractivity contribution in [3.05, 3.63) is 12.2 Å². The highest BCUT2D eigenvalue weighted by atomic mass is 16.5. The molecule has 0 bridgehead atoms. The van der Waals surface area contributed by atoms with Crippen LogP contribution in [0.25, 0.3) is 0 Å². The quantitative estimate of drug-likeness (QED) is 0.592. The van der Waals surface area contributed by atoms with E-state index in [1.165, 1.54) is 0 Å². The fourth-order valence-electron chi connectivity index (χ4n) is 1.97. The minimum Gasteiger partial charge on any atom is -0.380 e. The van der Waals surface area contributed by atoms with Crippen molar-refractivity contribution in [2.45, 2.75) is 6.92 Å². The van der Waals surface area contributed by atoms with Crippen molar-refractivity contribution in [3.8, 4) is 0 Å². The van der Waals surface area contributed by atoms with Crippen molar-refractivity contribution in [3.63, 3.8) is 0 Å². The number of likely N-dealkylation sites (tertiary alicyclic amines) is 1. The molecule has 0 radical (unpaired) electrons. The lowest BCUT2D eigenvalue weighted by Gasteiger charge is -2.55. The van der Waals surface area contributed by atoms with E-state index < -0.39 is 0 Å². The number of rotatable bonds is 3. The van der Waals surface area contributed by atoms with Crippen LogP contribution in [-0.2, 0) is 9.53 Å². The molecule has 0 aromatic carbocycles. The summed E-state index contributed by atoms with van der Waals surface area (Å²) in [6, 6.07) is 0. The van der Waals surface area contributed by atoms with Crippen LogP contribution in [0.4, 0.5) is 0 Å². The van der Waals surface area contributed by atoms with Crippen LogP contribution in [0.1, 0.15) is 6.92 Å². The summed E-state index contributed by atoms with van der Waals surface area (Å²) >= 11 is 0. The van der Waals surface area contributed by atoms with Crippen LogP contribution in [0.15, 0.2) is 12.2 Å². The molecule has 0 aromatic rings. The van der Waals surface area contributed by atoms with Gasteiger partial charge in [0.05, 0.1) is 13.2 Å². The van der Waals surface area contributed by atoms with Gasteiger partial charge in [-0.3, -0.25) is 9.69 Å². The van der Waals surface area contributed by atoms with Crippen LogP contribution in [0.2, 0.25) is 0 Å². The average Bonchev–Trinajstić information content (AvgIpc) is 1.90. The summed E-state index contributed by atoms with van der Waals surface area (Å²) in [4.78, 5) is 13.2. The molecule has 13 heavy (non-hydrogen) atoms. The van der Waals surface area contributed by atoms with E-state index in [1.807, 2.05) is 0 Å². The molecular weight excluding hydrogens is 166 g/mol. The van der Waals surface area contributed by atoms with Crippen LogP contribution in [-0.4, -0.2) is 43.5 Å². The summed E-state index contributed by atoms with van der Waals surface area (Å²) < 4.78 is 5.16. The Kier molecular flexibility index (Phi) is 2.00. The van der Waals surface area contributed by atoms with Gasteiger partial charge in [0.15, 0.2) is 5.78 Å². The predicted octanol–water partition coefficient (Wildman–Crippen LogP) is 0.464. The van der Waals surface area contributed by atoms with Gasteiger partial charge in [-0.1, -0.05) is 6.58 Å². The normalized spacial score (nSPS) is 25.0. The number of hydrogen-bond acceptors (Lipinski definition) is 3. The monoisotopic (exact) mass is 181 g/mol. The van der Waals surface area contributed by atoms with Crippen LogP contribution >= 0.6 is 0 Å². The molecule has 0 aromatic heterocycles. The standard InChI is InChI=1S/C10H15NO2/c1-8(9(2)12)3-11-4-10(5-11)6-13-7-10/h1,3-7H2,2H3. The maximum absolute atomic E-state index is 10.9. The van der Waals surface area contributed by atoms with Crippen molar-refractivity contribution >= 4 is 5.78 Å². The highest BCUT2D eigenvalue weighted by Crippen LogP contribution is 2.37. The zero-order chi connectivity index (χ0) is 9.47. The second-order valence-electron chi connectivity index (χ2n) is 4.30. The summed E-state index contributed by atoms with van der Waals surface area (Å²) in [6.45, 7) is 9.99.